The van der Waals surface area contributed by atoms with Crippen molar-refractivity contribution in [2.45, 2.75) is 32.1 Å². The number of aryl methyl sites for hydroxylation is 1. The standard InChI is InChI=1S/C22H22N4/c1-4-5-20(24)19-13-18(7-6-15(19)2)26-16(3)17-8-11-25-21(12-17)22(14-23)9-10-22/h4-8,11-13,24,26H,3,9-10H2,1-2H3/b5-4-,24-20?. The van der Waals surface area contributed by atoms with Crippen molar-refractivity contribution in [2.24, 2.45) is 0 Å². The molecule has 1 aliphatic rings. The number of aromatic nitrogens is 1. The monoisotopic (exact) mass is 342 g/mol. The average molecular weight is 342 g/mol. The molecule has 26 heavy (non-hydrogen) atoms. The number of nitrogens with zero attached hydrogens (tertiary/aromatic N) is 2. The van der Waals surface area contributed by atoms with E-state index >= 15 is 0 Å². The van der Waals surface area contributed by atoms with E-state index in [0.29, 0.717) is 5.71 Å². The molecule has 3 rings (SSSR count). The third-order valence-electron chi connectivity index (χ3n) is 4.72. The number of hydrogen-bond donors (Lipinski definition) is 2. The molecule has 0 radical (unpaired) electrons. The first kappa shape index (κ1) is 17.6. The van der Waals surface area contributed by atoms with Gasteiger partial charge in [-0.25, -0.2) is 0 Å². The van der Waals surface area contributed by atoms with Crippen molar-refractivity contribution < 1.29 is 0 Å². The van der Waals surface area contributed by atoms with Gasteiger partial charge < -0.3 is 10.7 Å². The fourth-order valence-corrected chi connectivity index (χ4v) is 2.92. The van der Waals surface area contributed by atoms with Gasteiger partial charge in [0.1, 0.15) is 0 Å². The van der Waals surface area contributed by atoms with E-state index in [1.165, 1.54) is 0 Å². The summed E-state index contributed by atoms with van der Waals surface area (Å²) in [7, 11) is 0. The van der Waals surface area contributed by atoms with Crippen LogP contribution in [-0.2, 0) is 5.41 Å². The normalized spacial score (nSPS) is 14.7. The van der Waals surface area contributed by atoms with Crippen molar-refractivity contribution >= 4 is 17.1 Å². The zero-order valence-corrected chi connectivity index (χ0v) is 15.1. The van der Waals surface area contributed by atoms with Gasteiger partial charge in [0, 0.05) is 28.7 Å². The smallest absolute Gasteiger partial charge is 0.0994 e. The Balaban J connectivity index is 1.83. The Kier molecular flexibility index (Phi) is 4.73. The lowest BCUT2D eigenvalue weighted by atomic mass is 10.0. The van der Waals surface area contributed by atoms with Crippen LogP contribution in [0, 0.1) is 23.7 Å². The van der Waals surface area contributed by atoms with Crippen LogP contribution >= 0.6 is 0 Å². The van der Waals surface area contributed by atoms with Crippen LogP contribution in [0.3, 0.4) is 0 Å². The van der Waals surface area contributed by atoms with Gasteiger partial charge in [-0.1, -0.05) is 18.7 Å². The fraction of sp³-hybridized carbons (Fsp3) is 0.227. The minimum Gasteiger partial charge on any atom is -0.356 e. The number of allylic oxidation sites excluding steroid dienone is 2. The summed E-state index contributed by atoms with van der Waals surface area (Å²) in [5, 5.41) is 20.9. The Hall–Kier alpha value is -3.19. The summed E-state index contributed by atoms with van der Waals surface area (Å²) in [4.78, 5) is 4.38. The lowest BCUT2D eigenvalue weighted by Crippen LogP contribution is -2.07. The first-order valence-corrected chi connectivity index (χ1v) is 8.65. The van der Waals surface area contributed by atoms with Gasteiger partial charge in [-0.2, -0.15) is 5.26 Å². The molecule has 2 aromatic rings. The molecule has 1 saturated carbocycles. The molecule has 4 heteroatoms. The maximum absolute atomic E-state index is 9.37. The van der Waals surface area contributed by atoms with Crippen molar-refractivity contribution in [3.05, 3.63) is 77.6 Å². The van der Waals surface area contributed by atoms with E-state index in [1.807, 2.05) is 50.3 Å². The predicted octanol–water partition coefficient (Wildman–Crippen LogP) is 4.97. The van der Waals surface area contributed by atoms with E-state index in [-0.39, 0.29) is 0 Å². The molecule has 0 spiro atoms. The highest BCUT2D eigenvalue weighted by atomic mass is 14.9. The zero-order chi connectivity index (χ0) is 18.7. The Morgan fingerprint density at radius 3 is 2.77 bits per heavy atom. The molecular weight excluding hydrogens is 320 g/mol. The number of nitrogens with one attached hydrogen (secondary N) is 2. The second-order valence-electron chi connectivity index (χ2n) is 6.67. The number of anilines is 1. The number of pyridine rings is 1. The van der Waals surface area contributed by atoms with Crippen LogP contribution in [0.5, 0.6) is 0 Å². The largest absolute Gasteiger partial charge is 0.356 e. The molecule has 1 aromatic heterocycles. The Bertz CT molecular complexity index is 943. The van der Waals surface area contributed by atoms with Gasteiger partial charge in [-0.05, 0) is 62.6 Å². The van der Waals surface area contributed by atoms with Crippen molar-refractivity contribution in [1.82, 2.24) is 4.98 Å². The second-order valence-corrected chi connectivity index (χ2v) is 6.67. The van der Waals surface area contributed by atoms with Gasteiger partial charge >= 0.3 is 0 Å². The summed E-state index contributed by atoms with van der Waals surface area (Å²) >= 11 is 0. The highest BCUT2D eigenvalue weighted by molar-refractivity contribution is 6.08. The average Bonchev–Trinajstić information content (AvgIpc) is 3.45. The molecule has 2 N–H and O–H groups in total. The maximum Gasteiger partial charge on any atom is 0.0994 e. The molecule has 4 nitrogen and oxygen atoms in total. The highest BCUT2D eigenvalue weighted by Crippen LogP contribution is 2.46. The molecule has 1 aliphatic carbocycles. The van der Waals surface area contributed by atoms with E-state index in [9.17, 15) is 5.26 Å². The molecule has 130 valence electrons. The molecular formula is C22H22N4. The SMILES string of the molecule is C=C(Nc1ccc(C)c(C(=N)/C=C\C)c1)c1ccnc(C2(C#N)CC2)c1. The van der Waals surface area contributed by atoms with Crippen molar-refractivity contribution in [3.8, 4) is 6.07 Å². The number of hydrogen-bond acceptors (Lipinski definition) is 4. The first-order valence-electron chi connectivity index (χ1n) is 8.65. The third kappa shape index (κ3) is 3.43. The molecule has 0 amide bonds. The molecule has 0 bridgehead atoms. The van der Waals surface area contributed by atoms with Crippen molar-refractivity contribution in [3.63, 3.8) is 0 Å². The summed E-state index contributed by atoms with van der Waals surface area (Å²) < 4.78 is 0. The van der Waals surface area contributed by atoms with E-state index in [0.717, 1.165) is 46.6 Å². The minimum atomic E-state index is -0.408. The molecule has 1 heterocycles. The summed E-state index contributed by atoms with van der Waals surface area (Å²) in [6, 6.07) is 12.2. The molecule has 0 atom stereocenters. The molecule has 0 aliphatic heterocycles. The number of rotatable bonds is 6. The number of nitriles is 1. The van der Waals surface area contributed by atoms with Gasteiger partial charge in [0.05, 0.1) is 22.9 Å². The molecule has 1 fully saturated rings. The summed E-state index contributed by atoms with van der Waals surface area (Å²) in [6.45, 7) is 8.04. The first-order chi connectivity index (χ1) is 12.5. The summed E-state index contributed by atoms with van der Waals surface area (Å²) in [6.07, 6.45) is 7.12. The quantitative estimate of drug-likeness (QED) is 0.728. The second kappa shape index (κ2) is 6.97. The van der Waals surface area contributed by atoms with Gasteiger partial charge in [0.25, 0.3) is 0 Å². The summed E-state index contributed by atoms with van der Waals surface area (Å²) in [5.41, 5.74) is 5.38. The van der Waals surface area contributed by atoms with E-state index in [4.69, 9.17) is 5.41 Å². The van der Waals surface area contributed by atoms with Crippen LogP contribution in [0.2, 0.25) is 0 Å². The molecule has 1 aromatic carbocycles. The highest BCUT2D eigenvalue weighted by Gasteiger charge is 2.46. The zero-order valence-electron chi connectivity index (χ0n) is 15.1. The Labute approximate surface area is 154 Å². The van der Waals surface area contributed by atoms with Crippen LogP contribution in [0.25, 0.3) is 5.70 Å². The predicted molar refractivity (Wildman–Crippen MR) is 106 cm³/mol. The van der Waals surface area contributed by atoms with E-state index in [1.54, 1.807) is 12.3 Å². The topological polar surface area (TPSA) is 72.6 Å². The van der Waals surface area contributed by atoms with Crippen molar-refractivity contribution in [2.75, 3.05) is 5.32 Å². The van der Waals surface area contributed by atoms with Gasteiger partial charge in [-0.3, -0.25) is 4.98 Å². The Morgan fingerprint density at radius 1 is 1.35 bits per heavy atom. The lowest BCUT2D eigenvalue weighted by Gasteiger charge is -2.14. The van der Waals surface area contributed by atoms with Crippen LogP contribution in [0.15, 0.2) is 55.3 Å². The van der Waals surface area contributed by atoms with Crippen molar-refractivity contribution in [1.29, 1.82) is 10.7 Å². The van der Waals surface area contributed by atoms with Gasteiger partial charge in [0.15, 0.2) is 0 Å². The molecule has 0 unspecified atom stereocenters. The van der Waals surface area contributed by atoms with E-state index in [2.05, 4.69) is 22.9 Å². The van der Waals surface area contributed by atoms with Crippen LogP contribution in [0.4, 0.5) is 5.69 Å². The van der Waals surface area contributed by atoms with Crippen LogP contribution in [-0.4, -0.2) is 10.7 Å². The van der Waals surface area contributed by atoms with Crippen LogP contribution in [0.1, 0.15) is 42.1 Å². The Morgan fingerprint density at radius 2 is 2.12 bits per heavy atom. The maximum atomic E-state index is 9.37. The summed E-state index contributed by atoms with van der Waals surface area (Å²) in [5.74, 6) is 0. The fourth-order valence-electron chi connectivity index (χ4n) is 2.92. The van der Waals surface area contributed by atoms with E-state index < -0.39 is 5.41 Å². The van der Waals surface area contributed by atoms with Crippen LogP contribution < -0.4 is 5.32 Å². The lowest BCUT2D eigenvalue weighted by molar-refractivity contribution is 0.853. The minimum absolute atomic E-state index is 0.408. The van der Waals surface area contributed by atoms with Gasteiger partial charge in [-0.15, -0.1) is 0 Å². The third-order valence-corrected chi connectivity index (χ3v) is 4.72. The molecule has 0 saturated heterocycles. The van der Waals surface area contributed by atoms with Gasteiger partial charge in [0.2, 0.25) is 0 Å². The number of benzene rings is 1.